The van der Waals surface area contributed by atoms with Gasteiger partial charge in [0, 0.05) is 5.92 Å². The van der Waals surface area contributed by atoms with E-state index in [0.717, 1.165) is 37.8 Å². The molecule has 3 saturated carbocycles. The van der Waals surface area contributed by atoms with E-state index in [1.165, 1.54) is 24.8 Å². The number of carboxylic acid groups (broad SMARTS) is 1. The van der Waals surface area contributed by atoms with Gasteiger partial charge in [-0.25, -0.2) is 4.79 Å². The minimum atomic E-state index is -1.03. The molecule has 4 rings (SSSR count). The fourth-order valence-electron chi connectivity index (χ4n) is 8.38. The molecule has 0 aliphatic heterocycles. The molecule has 4 aliphatic rings. The molecule has 8 atom stereocenters. The Morgan fingerprint density at radius 2 is 1.89 bits per heavy atom. The highest BCUT2D eigenvalue weighted by Gasteiger charge is 2.59. The lowest BCUT2D eigenvalue weighted by Crippen LogP contribution is -2.51. The summed E-state index contributed by atoms with van der Waals surface area (Å²) < 4.78 is 0. The van der Waals surface area contributed by atoms with Crippen molar-refractivity contribution in [1.29, 1.82) is 0 Å². The van der Waals surface area contributed by atoms with Gasteiger partial charge in [-0.1, -0.05) is 44.8 Å². The second-order valence-corrected chi connectivity index (χ2v) is 12.4. The predicted molar refractivity (Wildman–Crippen MR) is 138 cm³/mol. The summed E-state index contributed by atoms with van der Waals surface area (Å²) in [5.41, 5.74) is 2.66. The molecule has 0 saturated heterocycles. The number of fused-ring (bicyclic) bond motifs is 5. The molecule has 4 aliphatic carbocycles. The number of Topliss-reactive ketones (excluding diaryl/α,β-unsaturated/α-hetero) is 1. The highest BCUT2D eigenvalue weighted by molar-refractivity contribution is 5.96. The molecule has 0 aromatic carbocycles. The third-order valence-corrected chi connectivity index (χ3v) is 10.6. The molecule has 36 heavy (non-hydrogen) atoms. The van der Waals surface area contributed by atoms with Gasteiger partial charge in [0.2, 0.25) is 0 Å². The monoisotopic (exact) mass is 500 g/mol. The molecule has 5 unspecified atom stereocenters. The number of carboxylic acids is 1. The molecular formula is C29H44N2O5. The van der Waals surface area contributed by atoms with E-state index in [4.69, 9.17) is 4.84 Å². The molecule has 1 amide bonds. The van der Waals surface area contributed by atoms with Crippen LogP contribution in [0.2, 0.25) is 0 Å². The number of allylic oxidation sites excluding steroid dienone is 2. The third-order valence-electron chi connectivity index (χ3n) is 10.6. The number of carbonyl (C=O) groups is 3. The molecule has 2 N–H and O–H groups in total. The zero-order valence-corrected chi connectivity index (χ0v) is 22.6. The topological polar surface area (TPSA) is 105 Å². The van der Waals surface area contributed by atoms with Crippen LogP contribution in [0.25, 0.3) is 0 Å². The van der Waals surface area contributed by atoms with Crippen LogP contribution in [0.4, 0.5) is 0 Å². The summed E-state index contributed by atoms with van der Waals surface area (Å²) in [5.74, 6) is 0.967. The summed E-state index contributed by atoms with van der Waals surface area (Å²) >= 11 is 0. The van der Waals surface area contributed by atoms with Crippen LogP contribution >= 0.6 is 0 Å². The fourth-order valence-corrected chi connectivity index (χ4v) is 8.38. The second kappa shape index (κ2) is 10.3. The van der Waals surface area contributed by atoms with Gasteiger partial charge in [-0.15, -0.1) is 0 Å². The van der Waals surface area contributed by atoms with Gasteiger partial charge in [0.1, 0.15) is 11.8 Å². The molecule has 7 heteroatoms. The van der Waals surface area contributed by atoms with Gasteiger partial charge in [-0.2, -0.15) is 0 Å². The van der Waals surface area contributed by atoms with Gasteiger partial charge in [-0.05, 0) is 98.9 Å². The third kappa shape index (κ3) is 4.74. The average Bonchev–Trinajstić information content (AvgIpc) is 3.19. The Kier molecular flexibility index (Phi) is 7.68. The Balaban J connectivity index is 1.39. The summed E-state index contributed by atoms with van der Waals surface area (Å²) in [7, 11) is 0. The predicted octanol–water partition coefficient (Wildman–Crippen LogP) is 5.14. The molecule has 0 bridgehead atoms. The maximum absolute atomic E-state index is 12.4. The van der Waals surface area contributed by atoms with Crippen LogP contribution in [0.3, 0.4) is 0 Å². The Morgan fingerprint density at radius 3 is 2.56 bits per heavy atom. The van der Waals surface area contributed by atoms with E-state index in [1.807, 2.05) is 6.92 Å². The lowest BCUT2D eigenvalue weighted by Gasteiger charge is -2.58. The van der Waals surface area contributed by atoms with Crippen molar-refractivity contribution >= 4 is 23.4 Å². The first-order chi connectivity index (χ1) is 17.0. The van der Waals surface area contributed by atoms with Gasteiger partial charge in [-0.3, -0.25) is 9.59 Å². The van der Waals surface area contributed by atoms with E-state index in [2.05, 4.69) is 30.4 Å². The van der Waals surface area contributed by atoms with Crippen molar-refractivity contribution in [3.63, 3.8) is 0 Å². The molecule has 0 aromatic heterocycles. The molecule has 200 valence electrons. The zero-order valence-electron chi connectivity index (χ0n) is 22.6. The average molecular weight is 501 g/mol. The lowest BCUT2D eigenvalue weighted by atomic mass is 9.46. The van der Waals surface area contributed by atoms with Crippen LogP contribution in [0.1, 0.15) is 92.4 Å². The Hall–Kier alpha value is -2.18. The lowest BCUT2D eigenvalue weighted by molar-refractivity contribution is -0.144. The number of rotatable bonds is 8. The number of oxime groups is 1. The Labute approximate surface area is 215 Å². The quantitative estimate of drug-likeness (QED) is 0.449. The first-order valence-electron chi connectivity index (χ1n) is 13.9. The number of hydrogen-bond acceptors (Lipinski definition) is 5. The number of aliphatic carboxylic acids is 1. The zero-order chi connectivity index (χ0) is 26.3. The van der Waals surface area contributed by atoms with E-state index < -0.39 is 17.9 Å². The first-order valence-corrected chi connectivity index (χ1v) is 13.9. The first kappa shape index (κ1) is 26.9. The molecule has 0 aromatic rings. The SMILES string of the molecule is CCC(C)C(NC(=O)CO/N=C1/C=C2CC[C@H]3C4CCC(C(C)=O)[C@@]4(C)CCC3[C@@]2(C)CC1)C(=O)O. The van der Waals surface area contributed by atoms with Crippen LogP contribution in [0.5, 0.6) is 0 Å². The minimum Gasteiger partial charge on any atom is -0.480 e. The van der Waals surface area contributed by atoms with Crippen LogP contribution in [0, 0.1) is 40.4 Å². The molecule has 0 radical (unpaired) electrons. The van der Waals surface area contributed by atoms with Crippen LogP contribution in [0.15, 0.2) is 16.8 Å². The van der Waals surface area contributed by atoms with Crippen molar-refractivity contribution in [1.82, 2.24) is 5.32 Å². The van der Waals surface area contributed by atoms with E-state index in [1.54, 1.807) is 13.8 Å². The summed E-state index contributed by atoms with van der Waals surface area (Å²) in [4.78, 5) is 41.4. The second-order valence-electron chi connectivity index (χ2n) is 12.4. The fraction of sp³-hybridized carbons (Fsp3) is 0.793. The van der Waals surface area contributed by atoms with Gasteiger partial charge in [0.25, 0.3) is 5.91 Å². The van der Waals surface area contributed by atoms with E-state index >= 15 is 0 Å². The number of carbonyl (C=O) groups excluding carboxylic acids is 2. The van der Waals surface area contributed by atoms with Crippen molar-refractivity contribution in [3.05, 3.63) is 11.6 Å². The number of nitrogens with zero attached hydrogens (tertiary/aromatic N) is 1. The number of nitrogens with one attached hydrogen (secondary N) is 1. The van der Waals surface area contributed by atoms with Gasteiger partial charge >= 0.3 is 5.97 Å². The Morgan fingerprint density at radius 1 is 1.14 bits per heavy atom. The van der Waals surface area contributed by atoms with E-state index in [-0.39, 0.29) is 29.3 Å². The van der Waals surface area contributed by atoms with Crippen molar-refractivity contribution in [2.75, 3.05) is 6.61 Å². The highest BCUT2D eigenvalue weighted by atomic mass is 16.6. The highest BCUT2D eigenvalue weighted by Crippen LogP contribution is 2.66. The summed E-state index contributed by atoms with van der Waals surface area (Å²) in [5, 5.41) is 16.2. The standard InChI is InChI=1S/C29H44N2O5/c1-6-17(2)26(27(34)35)30-25(33)16-36-31-20-11-13-28(4)19(15-20)7-8-21-23-10-9-22(18(3)32)29(23,5)14-12-24(21)28/h15,17,21-24,26H,6-14,16H2,1-5H3,(H,30,33)(H,34,35)/b31-20+/t17?,21-,22?,23?,24?,26?,28-,29+/m0/s1. The van der Waals surface area contributed by atoms with Gasteiger partial charge < -0.3 is 15.3 Å². The van der Waals surface area contributed by atoms with Gasteiger partial charge in [0.05, 0.1) is 5.71 Å². The summed E-state index contributed by atoms with van der Waals surface area (Å²) in [6, 6.07) is -0.922. The van der Waals surface area contributed by atoms with Gasteiger partial charge in [0.15, 0.2) is 6.61 Å². The number of amides is 1. The molecule has 7 nitrogen and oxygen atoms in total. The molecule has 0 heterocycles. The van der Waals surface area contributed by atoms with Crippen molar-refractivity contribution < 1.29 is 24.3 Å². The van der Waals surface area contributed by atoms with Crippen molar-refractivity contribution in [2.45, 2.75) is 98.4 Å². The van der Waals surface area contributed by atoms with Crippen LogP contribution in [-0.4, -0.2) is 41.1 Å². The van der Waals surface area contributed by atoms with Crippen molar-refractivity contribution in [2.24, 2.45) is 45.6 Å². The van der Waals surface area contributed by atoms with E-state index in [0.29, 0.717) is 30.0 Å². The maximum Gasteiger partial charge on any atom is 0.326 e. The summed E-state index contributed by atoms with van der Waals surface area (Å²) in [6.45, 7) is 10.0. The van der Waals surface area contributed by atoms with Crippen LogP contribution < -0.4 is 5.32 Å². The van der Waals surface area contributed by atoms with E-state index in [9.17, 15) is 19.5 Å². The summed E-state index contributed by atoms with van der Waals surface area (Å²) in [6.07, 6.45) is 11.5. The molecule has 3 fully saturated rings. The number of ketones is 1. The van der Waals surface area contributed by atoms with Crippen molar-refractivity contribution in [3.8, 4) is 0 Å². The Bertz CT molecular complexity index is 957. The van der Waals surface area contributed by atoms with Crippen LogP contribution in [-0.2, 0) is 19.2 Å². The largest absolute Gasteiger partial charge is 0.480 e. The molecular weight excluding hydrogens is 456 g/mol. The number of hydrogen-bond donors (Lipinski definition) is 2. The maximum atomic E-state index is 12.4. The molecule has 0 spiro atoms. The normalized spacial score (nSPS) is 38.1. The minimum absolute atomic E-state index is 0.163. The smallest absolute Gasteiger partial charge is 0.326 e.